The standard InChI is InChI=1S/C8H6ClN3O/c1-5-3-2-4-10-6(5)7-11-8(9)13-12-7/h2-4H,1H3. The van der Waals surface area contributed by atoms with Crippen LogP contribution in [-0.4, -0.2) is 15.1 Å². The van der Waals surface area contributed by atoms with Gasteiger partial charge in [0.1, 0.15) is 5.69 Å². The Bertz CT molecular complexity index is 427. The molecule has 0 spiro atoms. The second-order valence-corrected chi connectivity index (χ2v) is 2.86. The highest BCUT2D eigenvalue weighted by atomic mass is 35.5. The smallest absolute Gasteiger partial charge is 0.320 e. The second kappa shape index (κ2) is 3.14. The summed E-state index contributed by atoms with van der Waals surface area (Å²) in [4.78, 5) is 7.99. The molecule has 2 aromatic heterocycles. The third-order valence-corrected chi connectivity index (χ3v) is 1.78. The molecule has 0 atom stereocenters. The van der Waals surface area contributed by atoms with Gasteiger partial charge in [-0.05, 0) is 30.2 Å². The van der Waals surface area contributed by atoms with E-state index in [0.29, 0.717) is 11.5 Å². The summed E-state index contributed by atoms with van der Waals surface area (Å²) in [6, 6.07) is 3.77. The predicted molar refractivity (Wildman–Crippen MR) is 47.3 cm³/mol. The van der Waals surface area contributed by atoms with Crippen LogP contribution in [0, 0.1) is 6.92 Å². The van der Waals surface area contributed by atoms with Crippen LogP contribution in [0.15, 0.2) is 22.9 Å². The molecule has 0 aliphatic carbocycles. The van der Waals surface area contributed by atoms with Crippen LogP contribution in [0.25, 0.3) is 11.5 Å². The van der Waals surface area contributed by atoms with Gasteiger partial charge < -0.3 is 4.52 Å². The van der Waals surface area contributed by atoms with E-state index in [1.54, 1.807) is 6.20 Å². The summed E-state index contributed by atoms with van der Waals surface area (Å²) in [5.41, 5.74) is 1.68. The molecular formula is C8H6ClN3O. The van der Waals surface area contributed by atoms with Gasteiger partial charge >= 0.3 is 5.35 Å². The van der Waals surface area contributed by atoms with Gasteiger partial charge in [-0.2, -0.15) is 4.98 Å². The molecule has 0 saturated carbocycles. The van der Waals surface area contributed by atoms with E-state index < -0.39 is 0 Å². The number of rotatable bonds is 1. The van der Waals surface area contributed by atoms with Crippen molar-refractivity contribution in [3.8, 4) is 11.5 Å². The van der Waals surface area contributed by atoms with Crippen LogP contribution in [0.2, 0.25) is 5.35 Å². The molecule has 0 amide bonds. The van der Waals surface area contributed by atoms with E-state index in [1.807, 2.05) is 19.1 Å². The Morgan fingerprint density at radius 3 is 2.92 bits per heavy atom. The largest absolute Gasteiger partial charge is 0.321 e. The SMILES string of the molecule is Cc1cccnc1-c1noc(Cl)n1. The number of aromatic nitrogens is 3. The number of hydrogen-bond acceptors (Lipinski definition) is 4. The number of nitrogens with zero attached hydrogens (tertiary/aromatic N) is 3. The van der Waals surface area contributed by atoms with E-state index in [2.05, 4.69) is 19.6 Å². The molecule has 66 valence electrons. The fourth-order valence-electron chi connectivity index (χ4n) is 1.02. The first kappa shape index (κ1) is 8.19. The molecule has 0 aromatic carbocycles. The van der Waals surface area contributed by atoms with Crippen LogP contribution in [0.4, 0.5) is 0 Å². The van der Waals surface area contributed by atoms with Crippen molar-refractivity contribution in [2.75, 3.05) is 0 Å². The summed E-state index contributed by atoms with van der Waals surface area (Å²) < 4.78 is 4.64. The zero-order valence-electron chi connectivity index (χ0n) is 6.86. The van der Waals surface area contributed by atoms with Crippen molar-refractivity contribution < 1.29 is 4.52 Å². The molecule has 13 heavy (non-hydrogen) atoms. The van der Waals surface area contributed by atoms with E-state index >= 15 is 0 Å². The lowest BCUT2D eigenvalue weighted by Gasteiger charge is -1.96. The first-order valence-electron chi connectivity index (χ1n) is 3.68. The molecule has 0 N–H and O–H groups in total. The summed E-state index contributed by atoms with van der Waals surface area (Å²) in [6.07, 6.45) is 1.67. The van der Waals surface area contributed by atoms with Gasteiger partial charge in [0, 0.05) is 6.20 Å². The van der Waals surface area contributed by atoms with Gasteiger partial charge in [0.05, 0.1) is 0 Å². The van der Waals surface area contributed by atoms with Crippen molar-refractivity contribution in [1.82, 2.24) is 15.1 Å². The minimum Gasteiger partial charge on any atom is -0.321 e. The van der Waals surface area contributed by atoms with E-state index in [1.165, 1.54) is 0 Å². The van der Waals surface area contributed by atoms with Crippen LogP contribution in [0.1, 0.15) is 5.56 Å². The lowest BCUT2D eigenvalue weighted by molar-refractivity contribution is 0.420. The molecule has 2 aromatic rings. The molecule has 0 fully saturated rings. The minimum absolute atomic E-state index is 0.0278. The minimum atomic E-state index is 0.0278. The Morgan fingerprint density at radius 1 is 1.46 bits per heavy atom. The topological polar surface area (TPSA) is 51.8 Å². The van der Waals surface area contributed by atoms with Crippen molar-refractivity contribution in [3.05, 3.63) is 29.2 Å². The van der Waals surface area contributed by atoms with E-state index in [-0.39, 0.29) is 5.35 Å². The van der Waals surface area contributed by atoms with E-state index in [0.717, 1.165) is 5.56 Å². The Balaban J connectivity index is 2.52. The molecule has 0 bridgehead atoms. The molecule has 0 radical (unpaired) electrons. The van der Waals surface area contributed by atoms with Crippen molar-refractivity contribution in [1.29, 1.82) is 0 Å². The summed E-state index contributed by atoms with van der Waals surface area (Å²) in [5, 5.41) is 3.69. The molecular weight excluding hydrogens is 190 g/mol. The van der Waals surface area contributed by atoms with Gasteiger partial charge in [0.2, 0.25) is 5.82 Å². The van der Waals surface area contributed by atoms with Crippen LogP contribution in [0.3, 0.4) is 0 Å². The zero-order chi connectivity index (χ0) is 9.26. The van der Waals surface area contributed by atoms with Gasteiger partial charge in [0.25, 0.3) is 0 Å². The lowest BCUT2D eigenvalue weighted by Crippen LogP contribution is -1.88. The molecule has 0 unspecified atom stereocenters. The molecule has 2 rings (SSSR count). The third-order valence-electron chi connectivity index (χ3n) is 1.62. The maximum Gasteiger partial charge on any atom is 0.320 e. The summed E-state index contributed by atoms with van der Waals surface area (Å²) in [5.74, 6) is 0.420. The number of pyridine rings is 1. The average Bonchev–Trinajstić information content (AvgIpc) is 2.53. The van der Waals surface area contributed by atoms with Gasteiger partial charge in [0.15, 0.2) is 0 Å². The highest BCUT2D eigenvalue weighted by Crippen LogP contribution is 2.18. The quantitative estimate of drug-likeness (QED) is 0.699. The maximum absolute atomic E-state index is 5.49. The van der Waals surface area contributed by atoms with Gasteiger partial charge in [-0.1, -0.05) is 11.2 Å². The molecule has 5 heteroatoms. The Kier molecular flexibility index (Phi) is 1.98. The maximum atomic E-state index is 5.49. The summed E-state index contributed by atoms with van der Waals surface area (Å²) in [7, 11) is 0. The fourth-order valence-corrected chi connectivity index (χ4v) is 1.14. The summed E-state index contributed by atoms with van der Waals surface area (Å²) >= 11 is 5.49. The van der Waals surface area contributed by atoms with Crippen molar-refractivity contribution >= 4 is 11.6 Å². The first-order valence-corrected chi connectivity index (χ1v) is 4.06. The molecule has 2 heterocycles. The third kappa shape index (κ3) is 1.53. The van der Waals surface area contributed by atoms with Crippen molar-refractivity contribution in [3.63, 3.8) is 0 Å². The van der Waals surface area contributed by atoms with E-state index in [4.69, 9.17) is 11.6 Å². The molecule has 4 nitrogen and oxygen atoms in total. The lowest BCUT2D eigenvalue weighted by atomic mass is 10.2. The van der Waals surface area contributed by atoms with Crippen LogP contribution >= 0.6 is 11.6 Å². The second-order valence-electron chi connectivity index (χ2n) is 2.54. The Morgan fingerprint density at radius 2 is 2.31 bits per heavy atom. The van der Waals surface area contributed by atoms with Gasteiger partial charge in [-0.25, -0.2) is 0 Å². The van der Waals surface area contributed by atoms with Crippen molar-refractivity contribution in [2.24, 2.45) is 0 Å². The summed E-state index contributed by atoms with van der Waals surface area (Å²) in [6.45, 7) is 1.92. The highest BCUT2D eigenvalue weighted by molar-refractivity contribution is 6.27. The van der Waals surface area contributed by atoms with Gasteiger partial charge in [-0.3, -0.25) is 4.98 Å². The number of hydrogen-bond donors (Lipinski definition) is 0. The predicted octanol–water partition coefficient (Wildman–Crippen LogP) is 2.09. The Labute approximate surface area is 79.6 Å². The molecule has 0 aliphatic rings. The normalized spacial score (nSPS) is 10.3. The molecule has 0 saturated heterocycles. The first-order chi connectivity index (χ1) is 6.27. The van der Waals surface area contributed by atoms with E-state index in [9.17, 15) is 0 Å². The fraction of sp³-hybridized carbons (Fsp3) is 0.125. The van der Waals surface area contributed by atoms with Crippen LogP contribution in [0.5, 0.6) is 0 Å². The average molecular weight is 196 g/mol. The number of aryl methyl sites for hydroxylation is 1. The molecule has 0 aliphatic heterocycles. The Hall–Kier alpha value is -1.42. The monoisotopic (exact) mass is 195 g/mol. The zero-order valence-corrected chi connectivity index (χ0v) is 7.62. The van der Waals surface area contributed by atoms with Gasteiger partial charge in [-0.15, -0.1) is 0 Å². The van der Waals surface area contributed by atoms with Crippen LogP contribution in [-0.2, 0) is 0 Å². The number of halogens is 1. The van der Waals surface area contributed by atoms with Crippen LogP contribution < -0.4 is 0 Å². The van der Waals surface area contributed by atoms with Crippen molar-refractivity contribution in [2.45, 2.75) is 6.92 Å². The highest BCUT2D eigenvalue weighted by Gasteiger charge is 2.09.